The van der Waals surface area contributed by atoms with Gasteiger partial charge in [-0.15, -0.1) is 11.3 Å². The number of aliphatic hydroxyl groups is 1. The van der Waals surface area contributed by atoms with Crippen molar-refractivity contribution in [2.45, 2.75) is 58.8 Å². The Bertz CT molecular complexity index is 2590. The van der Waals surface area contributed by atoms with Crippen molar-refractivity contribution in [3.05, 3.63) is 101 Å². The molecule has 6 rings (SSSR count). The maximum absolute atomic E-state index is 14.0. The van der Waals surface area contributed by atoms with Crippen LogP contribution in [-0.2, 0) is 35.2 Å². The van der Waals surface area contributed by atoms with E-state index in [1.807, 2.05) is 63.9 Å². The Hall–Kier alpha value is -6.09. The molecule has 20 heteroatoms. The second-order valence-corrected chi connectivity index (χ2v) is 18.6. The number of carbonyl (C=O) groups excluding carboxylic acids is 4. The van der Waals surface area contributed by atoms with Crippen LogP contribution < -0.4 is 26.0 Å². The van der Waals surface area contributed by atoms with Gasteiger partial charge in [-0.1, -0.05) is 62.7 Å². The van der Waals surface area contributed by atoms with Crippen LogP contribution in [0.15, 0.2) is 78.6 Å². The minimum absolute atomic E-state index is 0.0338. The SMILES string of the molecule is COc1cc2ncnc(Nc3ccc(F)c(Cl)c3)c2cc1NC(=O)/C=C/CN(C)CCOCCOCC(=O)N[C@H](C(=O)N1C[C@H](O)C[C@H]1C(=O)NCc1ccc(-c2scnc2C)cc1)C(C)(C)C. The molecule has 1 saturated heterocycles. The smallest absolute Gasteiger partial charge is 0.248 e. The van der Waals surface area contributed by atoms with E-state index in [1.165, 1.54) is 42.6 Å². The number of hydrogen-bond donors (Lipinski definition) is 5. The van der Waals surface area contributed by atoms with E-state index in [1.54, 1.807) is 35.1 Å². The molecule has 1 aliphatic heterocycles. The van der Waals surface area contributed by atoms with Gasteiger partial charge in [-0.25, -0.2) is 19.3 Å². The van der Waals surface area contributed by atoms with Crippen molar-refractivity contribution < 1.29 is 42.9 Å². The molecule has 68 heavy (non-hydrogen) atoms. The number of ether oxygens (including phenoxy) is 3. The van der Waals surface area contributed by atoms with Crippen molar-refractivity contribution in [3.8, 4) is 16.2 Å². The third kappa shape index (κ3) is 14.0. The maximum atomic E-state index is 14.0. The van der Waals surface area contributed by atoms with Crippen LogP contribution in [0.3, 0.4) is 0 Å². The molecule has 0 bridgehead atoms. The van der Waals surface area contributed by atoms with E-state index in [4.69, 9.17) is 25.8 Å². The lowest BCUT2D eigenvalue weighted by atomic mass is 9.85. The number of aliphatic hydroxyl groups excluding tert-OH is 1. The molecule has 17 nitrogen and oxygen atoms in total. The molecule has 1 aliphatic rings. The number of methoxy groups -OCH3 is 1. The molecule has 0 radical (unpaired) electrons. The number of amides is 4. The van der Waals surface area contributed by atoms with E-state index in [2.05, 4.69) is 36.2 Å². The van der Waals surface area contributed by atoms with Crippen LogP contribution >= 0.6 is 22.9 Å². The molecule has 2 aromatic heterocycles. The van der Waals surface area contributed by atoms with Crippen LogP contribution in [0.4, 0.5) is 21.6 Å². The predicted molar refractivity (Wildman–Crippen MR) is 259 cm³/mol. The van der Waals surface area contributed by atoms with Gasteiger partial charge in [0.05, 0.1) is 65.3 Å². The molecule has 0 saturated carbocycles. The molecule has 0 spiro atoms. The number of thiazole rings is 1. The number of hydrogen-bond acceptors (Lipinski definition) is 14. The van der Waals surface area contributed by atoms with Gasteiger partial charge in [-0.3, -0.25) is 19.2 Å². The van der Waals surface area contributed by atoms with Crippen molar-refractivity contribution in [3.63, 3.8) is 0 Å². The fourth-order valence-corrected chi connectivity index (χ4v) is 8.35. The van der Waals surface area contributed by atoms with Gasteiger partial charge in [0.1, 0.15) is 42.4 Å². The number of aromatic nitrogens is 3. The van der Waals surface area contributed by atoms with Gasteiger partial charge in [0.15, 0.2) is 0 Å². The number of likely N-dealkylation sites (N-methyl/N-ethyl adjacent to an activating group) is 1. The lowest BCUT2D eigenvalue weighted by molar-refractivity contribution is -0.144. The number of likely N-dealkylation sites (tertiary alicyclic amines) is 1. The first-order valence-corrected chi connectivity index (χ1v) is 23.2. The summed E-state index contributed by atoms with van der Waals surface area (Å²) in [6.07, 6.45) is 3.69. The Balaban J connectivity index is 0.892. The second kappa shape index (κ2) is 23.8. The molecular weight excluding hydrogens is 917 g/mol. The highest BCUT2D eigenvalue weighted by Crippen LogP contribution is 2.34. The molecule has 3 atom stereocenters. The average Bonchev–Trinajstić information content (AvgIpc) is 3.92. The van der Waals surface area contributed by atoms with Crippen LogP contribution in [0.5, 0.6) is 5.75 Å². The highest BCUT2D eigenvalue weighted by Gasteiger charge is 2.44. The van der Waals surface area contributed by atoms with Gasteiger partial charge < -0.3 is 50.4 Å². The summed E-state index contributed by atoms with van der Waals surface area (Å²) in [5, 5.41) is 22.7. The van der Waals surface area contributed by atoms with Crippen LogP contribution in [0, 0.1) is 18.2 Å². The topological polar surface area (TPSA) is 209 Å². The van der Waals surface area contributed by atoms with E-state index in [-0.39, 0.29) is 56.2 Å². The van der Waals surface area contributed by atoms with Gasteiger partial charge >= 0.3 is 0 Å². The van der Waals surface area contributed by atoms with Crippen molar-refractivity contribution in [1.82, 2.24) is 35.4 Å². The number of β-amino-alcohol motifs (C(OH)–C–C–N with tert-alkyl or cyclic N) is 1. The molecule has 1 fully saturated rings. The lowest BCUT2D eigenvalue weighted by Gasteiger charge is -2.35. The summed E-state index contributed by atoms with van der Waals surface area (Å²) < 4.78 is 30.5. The molecule has 4 amide bonds. The molecule has 362 valence electrons. The zero-order chi connectivity index (χ0) is 49.0. The number of halogens is 2. The zero-order valence-corrected chi connectivity index (χ0v) is 40.4. The summed E-state index contributed by atoms with van der Waals surface area (Å²) in [4.78, 5) is 70.7. The van der Waals surface area contributed by atoms with Gasteiger partial charge in [0.2, 0.25) is 23.6 Å². The lowest BCUT2D eigenvalue weighted by Crippen LogP contribution is -2.58. The third-order valence-corrected chi connectivity index (χ3v) is 12.3. The van der Waals surface area contributed by atoms with Crippen molar-refractivity contribution in [2.75, 3.05) is 70.9 Å². The van der Waals surface area contributed by atoms with E-state index in [9.17, 15) is 28.7 Å². The van der Waals surface area contributed by atoms with Gasteiger partial charge in [-0.05, 0) is 54.8 Å². The van der Waals surface area contributed by atoms with Crippen LogP contribution in [0.25, 0.3) is 21.3 Å². The Morgan fingerprint density at radius 1 is 1.04 bits per heavy atom. The fraction of sp³-hybridized carbons (Fsp3) is 0.396. The Morgan fingerprint density at radius 2 is 1.81 bits per heavy atom. The molecule has 3 aromatic carbocycles. The summed E-state index contributed by atoms with van der Waals surface area (Å²) in [7, 11) is 3.36. The molecule has 0 unspecified atom stereocenters. The van der Waals surface area contributed by atoms with Gasteiger partial charge in [-0.2, -0.15) is 0 Å². The number of aryl methyl sites for hydroxylation is 1. The highest BCUT2D eigenvalue weighted by molar-refractivity contribution is 7.13. The van der Waals surface area contributed by atoms with Crippen molar-refractivity contribution in [1.29, 1.82) is 0 Å². The number of rotatable bonds is 21. The summed E-state index contributed by atoms with van der Waals surface area (Å²) in [6.45, 7) is 8.99. The standard InChI is InChI=1S/C48H57ClFN9O8S/c1-29-43(68-28-54-29)31-11-9-30(10-12-31)24-51-46(63)39-21-33(60)25-59(39)47(64)44(48(2,3)4)57-42(62)26-67-19-18-66-17-16-58(5)15-7-8-41(61)56-38-22-34-37(23-40(38)65-6)52-27-53-45(34)55-32-13-14-36(50)35(49)20-32/h7-14,20,22-23,27-28,33,39,44,60H,15-19,21,24-26H2,1-6H3,(H,51,63)(H,56,61)(H,57,62)(H,52,53,55)/b8-7+/t33-,39+,44-/m1/s1. The van der Waals surface area contributed by atoms with Crippen LogP contribution in [0.1, 0.15) is 38.4 Å². The summed E-state index contributed by atoms with van der Waals surface area (Å²) in [5.74, 6) is -1.48. The van der Waals surface area contributed by atoms with Crippen LogP contribution in [0.2, 0.25) is 5.02 Å². The monoisotopic (exact) mass is 973 g/mol. The summed E-state index contributed by atoms with van der Waals surface area (Å²) in [5.41, 5.74) is 5.42. The number of fused-ring (bicyclic) bond motifs is 1. The summed E-state index contributed by atoms with van der Waals surface area (Å²) in [6, 6.07) is 13.5. The zero-order valence-electron chi connectivity index (χ0n) is 38.8. The first-order chi connectivity index (χ1) is 32.5. The quantitative estimate of drug-likeness (QED) is 0.0431. The third-order valence-electron chi connectivity index (χ3n) is 11.0. The van der Waals surface area contributed by atoms with E-state index in [0.29, 0.717) is 53.5 Å². The number of carbonyl (C=O) groups is 4. The number of anilines is 3. The van der Waals surface area contributed by atoms with Crippen LogP contribution in [-0.4, -0.2) is 132 Å². The van der Waals surface area contributed by atoms with E-state index < -0.39 is 41.2 Å². The molecule has 0 aliphatic carbocycles. The fourth-order valence-electron chi connectivity index (χ4n) is 7.35. The molecular formula is C48H57ClFN9O8S. The van der Waals surface area contributed by atoms with E-state index >= 15 is 0 Å². The highest BCUT2D eigenvalue weighted by atomic mass is 35.5. The normalized spacial score (nSPS) is 15.5. The van der Waals surface area contributed by atoms with Gasteiger partial charge in [0, 0.05) is 55.8 Å². The minimum Gasteiger partial charge on any atom is -0.494 e. The number of nitrogens with one attached hydrogen (secondary N) is 4. The summed E-state index contributed by atoms with van der Waals surface area (Å²) >= 11 is 7.52. The maximum Gasteiger partial charge on any atom is 0.248 e. The Morgan fingerprint density at radius 3 is 2.51 bits per heavy atom. The number of benzene rings is 3. The van der Waals surface area contributed by atoms with Gasteiger partial charge in [0.25, 0.3) is 0 Å². The van der Waals surface area contributed by atoms with Crippen molar-refractivity contribution in [2.24, 2.45) is 5.41 Å². The Labute approximate surface area is 403 Å². The molecule has 5 N–H and O–H groups in total. The first-order valence-electron chi connectivity index (χ1n) is 21.9. The second-order valence-electron chi connectivity index (χ2n) is 17.3. The first kappa shape index (κ1) is 51.3. The molecule has 3 heterocycles. The largest absolute Gasteiger partial charge is 0.494 e. The van der Waals surface area contributed by atoms with Crippen molar-refractivity contribution >= 4 is 74.7 Å². The van der Waals surface area contributed by atoms with E-state index in [0.717, 1.165) is 21.7 Å². The molecule has 5 aromatic rings. The number of nitrogens with zero attached hydrogens (tertiary/aromatic N) is 5. The Kier molecular flexibility index (Phi) is 17.9. The minimum atomic E-state index is -0.989. The predicted octanol–water partition coefficient (Wildman–Crippen LogP) is 5.88. The average molecular weight is 975 g/mol.